The highest BCUT2D eigenvalue weighted by Crippen LogP contribution is 2.28. The van der Waals surface area contributed by atoms with Crippen LogP contribution in [0.1, 0.15) is 13.3 Å². The van der Waals surface area contributed by atoms with Crippen molar-refractivity contribution in [1.82, 2.24) is 0 Å². The molecule has 0 aliphatic heterocycles. The zero-order valence-corrected chi connectivity index (χ0v) is 19.1. The van der Waals surface area contributed by atoms with Gasteiger partial charge in [0.05, 0.1) is 15.6 Å². The number of nitrogens with one attached hydrogen (secondary N) is 2. The second-order valence-electron chi connectivity index (χ2n) is 6.69. The summed E-state index contributed by atoms with van der Waals surface area (Å²) in [5, 5.41) is 3.17. The summed E-state index contributed by atoms with van der Waals surface area (Å²) in [5.74, 6) is -1.08. The van der Waals surface area contributed by atoms with Crippen LogP contribution in [-0.2, 0) is 14.8 Å². The van der Waals surface area contributed by atoms with Crippen molar-refractivity contribution in [3.63, 3.8) is 0 Å². The molecule has 0 fully saturated rings. The van der Waals surface area contributed by atoms with Crippen molar-refractivity contribution < 1.29 is 22.3 Å². The van der Waals surface area contributed by atoms with Crippen LogP contribution in [0.25, 0.3) is 0 Å². The molecule has 0 spiro atoms. The van der Waals surface area contributed by atoms with Crippen LogP contribution in [0.5, 0.6) is 5.75 Å². The molecule has 0 saturated heterocycles. The van der Waals surface area contributed by atoms with Gasteiger partial charge in [-0.1, -0.05) is 42.3 Å². The summed E-state index contributed by atoms with van der Waals surface area (Å²) in [6, 6.07) is 15.7. The molecule has 32 heavy (non-hydrogen) atoms. The van der Waals surface area contributed by atoms with Crippen molar-refractivity contribution >= 4 is 50.5 Å². The van der Waals surface area contributed by atoms with Gasteiger partial charge >= 0.3 is 0 Å². The molecule has 0 unspecified atom stereocenters. The molecule has 1 atom stereocenters. The molecule has 3 aromatic carbocycles. The molecular formula is C22H19Cl2FN2O4S. The highest BCUT2D eigenvalue weighted by Gasteiger charge is 2.21. The molecule has 0 radical (unpaired) electrons. The number of carbonyl (C=O) groups excluding carboxylic acids is 1. The Morgan fingerprint density at radius 2 is 1.75 bits per heavy atom. The van der Waals surface area contributed by atoms with Gasteiger partial charge < -0.3 is 10.1 Å². The predicted molar refractivity (Wildman–Crippen MR) is 123 cm³/mol. The summed E-state index contributed by atoms with van der Waals surface area (Å²) in [6.07, 6.45) is -0.623. The highest BCUT2D eigenvalue weighted by molar-refractivity contribution is 7.92. The Hall–Kier alpha value is -2.81. The lowest BCUT2D eigenvalue weighted by Crippen LogP contribution is -2.32. The first-order chi connectivity index (χ1) is 15.2. The van der Waals surface area contributed by atoms with Crippen LogP contribution in [0.2, 0.25) is 10.0 Å². The number of anilines is 2. The van der Waals surface area contributed by atoms with Crippen LogP contribution in [0.4, 0.5) is 15.8 Å². The first-order valence-corrected chi connectivity index (χ1v) is 11.7. The monoisotopic (exact) mass is 496 g/mol. The maximum absolute atomic E-state index is 13.8. The van der Waals surface area contributed by atoms with Crippen LogP contribution < -0.4 is 14.8 Å². The van der Waals surface area contributed by atoms with Gasteiger partial charge in [0.2, 0.25) is 0 Å². The molecule has 1 amide bonds. The molecule has 0 aromatic heterocycles. The van der Waals surface area contributed by atoms with Crippen LogP contribution >= 0.6 is 23.2 Å². The number of rotatable bonds is 8. The lowest BCUT2D eigenvalue weighted by Gasteiger charge is -2.18. The third-order valence-corrected chi connectivity index (χ3v) is 6.31. The zero-order chi connectivity index (χ0) is 23.3. The van der Waals surface area contributed by atoms with Gasteiger partial charge in [0, 0.05) is 10.7 Å². The van der Waals surface area contributed by atoms with E-state index in [4.69, 9.17) is 27.9 Å². The summed E-state index contributed by atoms with van der Waals surface area (Å²) in [6.45, 7) is 1.73. The largest absolute Gasteiger partial charge is 0.478 e. The SMILES string of the molecule is CC[C@H](Oc1ccccc1F)C(=O)Nc1ccc(S(=O)(=O)Nc2ccc(Cl)cc2Cl)cc1. The minimum absolute atomic E-state index is 0.0251. The molecule has 10 heteroatoms. The Morgan fingerprint density at radius 3 is 2.38 bits per heavy atom. The Kier molecular flexibility index (Phi) is 7.60. The average molecular weight is 497 g/mol. The summed E-state index contributed by atoms with van der Waals surface area (Å²) in [5.41, 5.74) is 0.540. The molecule has 6 nitrogen and oxygen atoms in total. The molecule has 168 valence electrons. The number of hydrogen-bond donors (Lipinski definition) is 2. The first kappa shape index (κ1) is 23.8. The Labute approximate surface area is 195 Å². The van der Waals surface area contributed by atoms with Gasteiger partial charge in [-0.25, -0.2) is 12.8 Å². The molecule has 2 N–H and O–H groups in total. The number of amides is 1. The lowest BCUT2D eigenvalue weighted by atomic mass is 10.2. The minimum atomic E-state index is -3.92. The van der Waals surface area contributed by atoms with E-state index in [0.717, 1.165) is 0 Å². The summed E-state index contributed by atoms with van der Waals surface area (Å²) < 4.78 is 46.9. The quantitative estimate of drug-likeness (QED) is 0.417. The molecule has 0 bridgehead atoms. The maximum atomic E-state index is 13.8. The van der Waals surface area contributed by atoms with Gasteiger partial charge in [0.15, 0.2) is 17.7 Å². The summed E-state index contributed by atoms with van der Waals surface area (Å²) >= 11 is 11.8. The predicted octanol–water partition coefficient (Wildman–Crippen LogP) is 5.73. The van der Waals surface area contributed by atoms with Gasteiger partial charge in [-0.05, 0) is 61.0 Å². The smallest absolute Gasteiger partial charge is 0.265 e. The molecule has 0 aliphatic carbocycles. The number of ether oxygens (including phenoxy) is 1. The number of hydrogen-bond acceptors (Lipinski definition) is 4. The number of halogens is 3. The fourth-order valence-electron chi connectivity index (χ4n) is 2.73. The molecule has 3 rings (SSSR count). The van der Waals surface area contributed by atoms with E-state index in [1.54, 1.807) is 13.0 Å². The molecular weight excluding hydrogens is 478 g/mol. The number of benzene rings is 3. The molecule has 0 heterocycles. The molecule has 3 aromatic rings. The van der Waals surface area contributed by atoms with Crippen molar-refractivity contribution in [2.24, 2.45) is 0 Å². The zero-order valence-electron chi connectivity index (χ0n) is 16.8. The minimum Gasteiger partial charge on any atom is -0.478 e. The van der Waals surface area contributed by atoms with Gasteiger partial charge in [0.1, 0.15) is 0 Å². The Morgan fingerprint density at radius 1 is 1.06 bits per heavy atom. The van der Waals surface area contributed by atoms with Crippen molar-refractivity contribution in [1.29, 1.82) is 0 Å². The third-order valence-electron chi connectivity index (χ3n) is 4.38. The van der Waals surface area contributed by atoms with Crippen molar-refractivity contribution in [2.75, 3.05) is 10.0 Å². The fourth-order valence-corrected chi connectivity index (χ4v) is 4.32. The van der Waals surface area contributed by atoms with Gasteiger partial charge in [-0.15, -0.1) is 0 Å². The van der Waals surface area contributed by atoms with Crippen LogP contribution in [0.15, 0.2) is 71.6 Å². The molecule has 0 aliphatic rings. The number of para-hydroxylation sites is 1. The van der Waals surface area contributed by atoms with E-state index < -0.39 is 27.9 Å². The van der Waals surface area contributed by atoms with Gasteiger partial charge in [0.25, 0.3) is 15.9 Å². The summed E-state index contributed by atoms with van der Waals surface area (Å²) in [7, 11) is -3.92. The van der Waals surface area contributed by atoms with Crippen LogP contribution in [0, 0.1) is 5.82 Å². The standard InChI is InChI=1S/C22H19Cl2FN2O4S/c1-2-20(31-21-6-4-3-5-18(21)25)22(28)26-15-8-10-16(11-9-15)32(29,30)27-19-12-7-14(23)13-17(19)24/h3-13,20,27H,2H2,1H3,(H,26,28)/t20-/m0/s1. The topological polar surface area (TPSA) is 84.5 Å². The van der Waals surface area contributed by atoms with E-state index in [0.29, 0.717) is 17.1 Å². The van der Waals surface area contributed by atoms with Crippen LogP contribution in [0.3, 0.4) is 0 Å². The summed E-state index contributed by atoms with van der Waals surface area (Å²) in [4.78, 5) is 12.5. The maximum Gasteiger partial charge on any atom is 0.265 e. The highest BCUT2D eigenvalue weighted by atomic mass is 35.5. The van der Waals surface area contributed by atoms with E-state index in [2.05, 4.69) is 10.0 Å². The molecule has 0 saturated carbocycles. The van der Waals surface area contributed by atoms with E-state index in [1.165, 1.54) is 60.7 Å². The van der Waals surface area contributed by atoms with Gasteiger partial charge in [-0.3, -0.25) is 9.52 Å². The second kappa shape index (κ2) is 10.2. The van der Waals surface area contributed by atoms with E-state index in [1.807, 2.05) is 0 Å². The van der Waals surface area contributed by atoms with E-state index in [-0.39, 0.29) is 21.4 Å². The lowest BCUT2D eigenvalue weighted by molar-refractivity contribution is -0.122. The van der Waals surface area contributed by atoms with Crippen molar-refractivity contribution in [3.05, 3.63) is 82.6 Å². The second-order valence-corrected chi connectivity index (χ2v) is 9.21. The van der Waals surface area contributed by atoms with Crippen molar-refractivity contribution in [3.8, 4) is 5.75 Å². The Balaban J connectivity index is 1.69. The number of sulfonamides is 1. The average Bonchev–Trinajstić information content (AvgIpc) is 2.75. The fraction of sp³-hybridized carbons (Fsp3) is 0.136. The van der Waals surface area contributed by atoms with Crippen molar-refractivity contribution in [2.45, 2.75) is 24.3 Å². The normalized spacial score (nSPS) is 12.1. The van der Waals surface area contributed by atoms with Gasteiger partial charge in [-0.2, -0.15) is 0 Å². The number of carbonyl (C=O) groups is 1. The first-order valence-electron chi connectivity index (χ1n) is 9.49. The van der Waals surface area contributed by atoms with Crippen LogP contribution in [-0.4, -0.2) is 20.4 Å². The Bertz CT molecular complexity index is 1220. The van der Waals surface area contributed by atoms with E-state index in [9.17, 15) is 17.6 Å². The third kappa shape index (κ3) is 5.91. The van der Waals surface area contributed by atoms with E-state index >= 15 is 0 Å².